The lowest BCUT2D eigenvalue weighted by Gasteiger charge is -2.16. The standard InChI is InChI=1S/C19H21NO5/c1-13(25-16-9-6-8-14(11-16)19(22)24-3)18(21)20-12-15-7-4-5-10-17(15)23-2/h4-11,13H,12H2,1-3H3,(H,20,21)/t13-/m0/s1. The molecule has 0 spiro atoms. The van der Waals surface area contributed by atoms with E-state index in [0.717, 1.165) is 5.56 Å². The van der Waals surface area contributed by atoms with E-state index in [1.54, 1.807) is 32.2 Å². The summed E-state index contributed by atoms with van der Waals surface area (Å²) in [6.07, 6.45) is -0.720. The summed E-state index contributed by atoms with van der Waals surface area (Å²) in [5, 5.41) is 2.81. The SMILES string of the molecule is COC(=O)c1cccc(O[C@@H](C)C(=O)NCc2ccccc2OC)c1. The first kappa shape index (κ1) is 18.3. The lowest BCUT2D eigenvalue weighted by Crippen LogP contribution is -2.36. The molecular weight excluding hydrogens is 322 g/mol. The van der Waals surface area contributed by atoms with E-state index in [2.05, 4.69) is 10.1 Å². The van der Waals surface area contributed by atoms with Crippen molar-refractivity contribution in [1.82, 2.24) is 5.32 Å². The van der Waals surface area contributed by atoms with E-state index in [4.69, 9.17) is 9.47 Å². The van der Waals surface area contributed by atoms with Crippen molar-refractivity contribution in [2.75, 3.05) is 14.2 Å². The molecule has 2 aromatic carbocycles. The Labute approximate surface area is 146 Å². The normalized spacial score (nSPS) is 11.3. The summed E-state index contributed by atoms with van der Waals surface area (Å²) in [7, 11) is 2.89. The molecule has 6 nitrogen and oxygen atoms in total. The number of carbonyl (C=O) groups is 2. The number of carbonyl (C=O) groups excluding carboxylic acids is 2. The quantitative estimate of drug-likeness (QED) is 0.782. The first-order valence-electron chi connectivity index (χ1n) is 7.79. The number of esters is 1. The summed E-state index contributed by atoms with van der Waals surface area (Å²) in [6, 6.07) is 14.0. The van der Waals surface area contributed by atoms with Crippen LogP contribution in [0.25, 0.3) is 0 Å². The van der Waals surface area contributed by atoms with E-state index in [9.17, 15) is 9.59 Å². The first-order valence-corrected chi connectivity index (χ1v) is 7.79. The first-order chi connectivity index (χ1) is 12.0. The third-order valence-electron chi connectivity index (χ3n) is 3.58. The largest absolute Gasteiger partial charge is 0.496 e. The number of hydrogen-bond donors (Lipinski definition) is 1. The van der Waals surface area contributed by atoms with E-state index in [1.807, 2.05) is 24.3 Å². The highest BCUT2D eigenvalue weighted by atomic mass is 16.5. The fraction of sp³-hybridized carbons (Fsp3) is 0.263. The zero-order valence-electron chi connectivity index (χ0n) is 14.4. The Morgan fingerprint density at radius 1 is 1.08 bits per heavy atom. The second-order valence-corrected chi connectivity index (χ2v) is 5.31. The van der Waals surface area contributed by atoms with Crippen LogP contribution >= 0.6 is 0 Å². The van der Waals surface area contributed by atoms with Crippen molar-refractivity contribution in [3.63, 3.8) is 0 Å². The number of hydrogen-bond acceptors (Lipinski definition) is 5. The average Bonchev–Trinajstić information content (AvgIpc) is 2.65. The van der Waals surface area contributed by atoms with Gasteiger partial charge in [-0.15, -0.1) is 0 Å². The molecule has 0 saturated carbocycles. The number of amides is 1. The van der Waals surface area contributed by atoms with Crippen molar-refractivity contribution in [2.45, 2.75) is 19.6 Å². The van der Waals surface area contributed by atoms with Crippen molar-refractivity contribution in [2.24, 2.45) is 0 Å². The van der Waals surface area contributed by atoms with E-state index >= 15 is 0 Å². The van der Waals surface area contributed by atoms with Gasteiger partial charge in [-0.3, -0.25) is 4.79 Å². The van der Waals surface area contributed by atoms with Gasteiger partial charge < -0.3 is 19.5 Å². The number of methoxy groups -OCH3 is 2. The number of benzene rings is 2. The molecule has 2 aromatic rings. The van der Waals surface area contributed by atoms with Gasteiger partial charge >= 0.3 is 5.97 Å². The van der Waals surface area contributed by atoms with Gasteiger partial charge in [0.05, 0.1) is 19.8 Å². The van der Waals surface area contributed by atoms with Crippen LogP contribution in [0.5, 0.6) is 11.5 Å². The molecule has 0 bridgehead atoms. The molecular formula is C19H21NO5. The Kier molecular flexibility index (Phi) is 6.39. The molecule has 132 valence electrons. The van der Waals surface area contributed by atoms with Gasteiger partial charge in [0.1, 0.15) is 11.5 Å². The number of rotatable bonds is 7. The van der Waals surface area contributed by atoms with Crippen molar-refractivity contribution >= 4 is 11.9 Å². The Balaban J connectivity index is 1.95. The average molecular weight is 343 g/mol. The van der Waals surface area contributed by atoms with E-state index in [1.165, 1.54) is 13.2 Å². The molecule has 0 saturated heterocycles. The topological polar surface area (TPSA) is 73.9 Å². The summed E-state index contributed by atoms with van der Waals surface area (Å²) in [5.74, 6) is 0.401. The van der Waals surface area contributed by atoms with Crippen molar-refractivity contribution < 1.29 is 23.8 Å². The predicted octanol–water partition coefficient (Wildman–Crippen LogP) is 2.57. The minimum atomic E-state index is -0.720. The Morgan fingerprint density at radius 2 is 1.84 bits per heavy atom. The van der Waals surface area contributed by atoms with Crippen LogP contribution in [0.15, 0.2) is 48.5 Å². The molecule has 25 heavy (non-hydrogen) atoms. The predicted molar refractivity (Wildman–Crippen MR) is 92.7 cm³/mol. The minimum Gasteiger partial charge on any atom is -0.496 e. The van der Waals surface area contributed by atoms with Crippen molar-refractivity contribution in [3.05, 3.63) is 59.7 Å². The lowest BCUT2D eigenvalue weighted by molar-refractivity contribution is -0.127. The van der Waals surface area contributed by atoms with Crippen LogP contribution in [0.2, 0.25) is 0 Å². The third kappa shape index (κ3) is 4.97. The lowest BCUT2D eigenvalue weighted by atomic mass is 10.2. The summed E-state index contributed by atoms with van der Waals surface area (Å²) >= 11 is 0. The van der Waals surface area contributed by atoms with Gasteiger partial charge in [0.25, 0.3) is 5.91 Å². The molecule has 1 amide bonds. The molecule has 6 heteroatoms. The van der Waals surface area contributed by atoms with Gasteiger partial charge in [-0.05, 0) is 31.2 Å². The summed E-state index contributed by atoms with van der Waals surface area (Å²) in [4.78, 5) is 23.8. The van der Waals surface area contributed by atoms with Crippen LogP contribution in [0.1, 0.15) is 22.8 Å². The molecule has 0 aliphatic carbocycles. The fourth-order valence-electron chi connectivity index (χ4n) is 2.25. The number of nitrogens with one attached hydrogen (secondary N) is 1. The summed E-state index contributed by atoms with van der Waals surface area (Å²) < 4.78 is 15.5. The van der Waals surface area contributed by atoms with E-state index in [-0.39, 0.29) is 5.91 Å². The van der Waals surface area contributed by atoms with Crippen molar-refractivity contribution in [3.8, 4) is 11.5 Å². The van der Waals surface area contributed by atoms with Crippen LogP contribution in [-0.4, -0.2) is 32.2 Å². The molecule has 0 aliphatic heterocycles. The molecule has 0 radical (unpaired) electrons. The maximum absolute atomic E-state index is 12.2. The second kappa shape index (κ2) is 8.73. The molecule has 1 N–H and O–H groups in total. The summed E-state index contributed by atoms with van der Waals surface area (Å²) in [6.45, 7) is 1.97. The van der Waals surface area contributed by atoms with Crippen molar-refractivity contribution in [1.29, 1.82) is 0 Å². The minimum absolute atomic E-state index is 0.269. The third-order valence-corrected chi connectivity index (χ3v) is 3.58. The molecule has 0 heterocycles. The monoisotopic (exact) mass is 343 g/mol. The summed E-state index contributed by atoms with van der Waals surface area (Å²) in [5.41, 5.74) is 1.24. The van der Waals surface area contributed by atoms with E-state index in [0.29, 0.717) is 23.6 Å². The van der Waals surface area contributed by atoms with Gasteiger partial charge in [0.15, 0.2) is 6.10 Å². The number of ether oxygens (including phenoxy) is 3. The second-order valence-electron chi connectivity index (χ2n) is 5.31. The maximum atomic E-state index is 12.2. The molecule has 1 atom stereocenters. The van der Waals surface area contributed by atoms with Gasteiger partial charge in [0.2, 0.25) is 0 Å². The number of para-hydroxylation sites is 1. The van der Waals surface area contributed by atoms with E-state index < -0.39 is 12.1 Å². The van der Waals surface area contributed by atoms with Crippen LogP contribution in [0.3, 0.4) is 0 Å². The van der Waals surface area contributed by atoms with Gasteiger partial charge in [-0.25, -0.2) is 4.79 Å². The Hall–Kier alpha value is -3.02. The highest BCUT2D eigenvalue weighted by Crippen LogP contribution is 2.18. The van der Waals surface area contributed by atoms with Crippen LogP contribution in [0.4, 0.5) is 0 Å². The molecule has 0 fully saturated rings. The highest BCUT2D eigenvalue weighted by Gasteiger charge is 2.16. The fourth-order valence-corrected chi connectivity index (χ4v) is 2.25. The molecule has 0 aromatic heterocycles. The zero-order chi connectivity index (χ0) is 18.2. The van der Waals surface area contributed by atoms with Gasteiger partial charge in [-0.2, -0.15) is 0 Å². The van der Waals surface area contributed by atoms with Gasteiger partial charge in [0, 0.05) is 12.1 Å². The van der Waals surface area contributed by atoms with Crippen LogP contribution in [-0.2, 0) is 16.1 Å². The molecule has 0 unspecified atom stereocenters. The highest BCUT2D eigenvalue weighted by molar-refractivity contribution is 5.89. The van der Waals surface area contributed by atoms with Crippen LogP contribution in [0, 0.1) is 0 Å². The van der Waals surface area contributed by atoms with Crippen LogP contribution < -0.4 is 14.8 Å². The molecule has 0 aliphatic rings. The Morgan fingerprint density at radius 3 is 2.56 bits per heavy atom. The molecule has 2 rings (SSSR count). The Bertz CT molecular complexity index is 744. The zero-order valence-corrected chi connectivity index (χ0v) is 14.4. The smallest absolute Gasteiger partial charge is 0.337 e. The maximum Gasteiger partial charge on any atom is 0.337 e. The van der Waals surface area contributed by atoms with Gasteiger partial charge in [-0.1, -0.05) is 24.3 Å².